The number of hydrogen-bond acceptors (Lipinski definition) is 5. The largest absolute Gasteiger partial charge is 0.497 e. The highest BCUT2D eigenvalue weighted by molar-refractivity contribution is 5.90. The Bertz CT molecular complexity index is 926. The Morgan fingerprint density at radius 1 is 1.15 bits per heavy atom. The number of tetrazole rings is 1. The van der Waals surface area contributed by atoms with Crippen LogP contribution >= 0.6 is 0 Å². The zero-order valence-corrected chi connectivity index (χ0v) is 15.9. The highest BCUT2D eigenvalue weighted by Gasteiger charge is 2.14. The van der Waals surface area contributed by atoms with Crippen LogP contribution in [0.15, 0.2) is 48.5 Å². The Kier molecular flexibility index (Phi) is 5.21. The van der Waals surface area contributed by atoms with Crippen molar-refractivity contribution in [2.24, 2.45) is 0 Å². The first-order chi connectivity index (χ1) is 12.8. The molecular formula is C20H23N5O2. The van der Waals surface area contributed by atoms with Gasteiger partial charge in [0.2, 0.25) is 11.7 Å². The molecule has 0 aliphatic heterocycles. The van der Waals surface area contributed by atoms with Gasteiger partial charge in [-0.2, -0.15) is 4.80 Å². The summed E-state index contributed by atoms with van der Waals surface area (Å²) < 4.78 is 5.20. The van der Waals surface area contributed by atoms with Gasteiger partial charge in [0, 0.05) is 11.3 Å². The number of nitrogens with one attached hydrogen (secondary N) is 1. The fraction of sp³-hybridized carbons (Fsp3) is 0.300. The molecule has 1 heterocycles. The molecule has 0 fully saturated rings. The summed E-state index contributed by atoms with van der Waals surface area (Å²) in [5.41, 5.74) is 2.80. The zero-order valence-electron chi connectivity index (χ0n) is 15.9. The molecule has 3 aromatic rings. The fourth-order valence-electron chi connectivity index (χ4n) is 2.57. The van der Waals surface area contributed by atoms with Gasteiger partial charge in [-0.3, -0.25) is 4.79 Å². The average Bonchev–Trinajstić information content (AvgIpc) is 3.10. The van der Waals surface area contributed by atoms with Crippen LogP contribution in [0.2, 0.25) is 0 Å². The minimum Gasteiger partial charge on any atom is -0.497 e. The molecule has 0 atom stereocenters. The van der Waals surface area contributed by atoms with E-state index in [2.05, 4.69) is 41.5 Å². The molecule has 27 heavy (non-hydrogen) atoms. The van der Waals surface area contributed by atoms with Crippen LogP contribution in [0, 0.1) is 0 Å². The number of carbonyl (C=O) groups is 1. The fourth-order valence-corrected chi connectivity index (χ4v) is 2.57. The Labute approximate surface area is 158 Å². The van der Waals surface area contributed by atoms with Crippen LogP contribution in [-0.4, -0.2) is 33.2 Å². The van der Waals surface area contributed by atoms with Gasteiger partial charge in [0.1, 0.15) is 12.3 Å². The first-order valence-electron chi connectivity index (χ1n) is 8.68. The molecule has 1 aromatic heterocycles. The highest BCUT2D eigenvalue weighted by atomic mass is 16.5. The van der Waals surface area contributed by atoms with Crippen molar-refractivity contribution in [1.29, 1.82) is 0 Å². The molecule has 3 rings (SSSR count). The lowest BCUT2D eigenvalue weighted by atomic mass is 9.87. The van der Waals surface area contributed by atoms with Crippen molar-refractivity contribution in [1.82, 2.24) is 20.2 Å². The molecule has 0 saturated carbocycles. The molecule has 0 bridgehead atoms. The van der Waals surface area contributed by atoms with Gasteiger partial charge in [0.25, 0.3) is 0 Å². The number of carbonyl (C=O) groups excluding carboxylic acids is 1. The Balaban J connectivity index is 1.64. The molecule has 7 heteroatoms. The second-order valence-electron chi connectivity index (χ2n) is 7.25. The predicted molar refractivity (Wildman–Crippen MR) is 104 cm³/mol. The first-order valence-corrected chi connectivity index (χ1v) is 8.68. The SMILES string of the molecule is COc1cccc(-c2nnn(CC(=O)Nc3ccc(C(C)(C)C)cc3)n2)c1. The molecule has 0 aliphatic rings. The van der Waals surface area contributed by atoms with Gasteiger partial charge in [-0.15, -0.1) is 10.2 Å². The van der Waals surface area contributed by atoms with Crippen molar-refractivity contribution in [3.63, 3.8) is 0 Å². The Morgan fingerprint density at radius 3 is 2.56 bits per heavy atom. The van der Waals surface area contributed by atoms with Crippen LogP contribution in [-0.2, 0) is 16.8 Å². The van der Waals surface area contributed by atoms with Gasteiger partial charge in [-0.1, -0.05) is 45.0 Å². The van der Waals surface area contributed by atoms with Crippen LogP contribution in [0.25, 0.3) is 11.4 Å². The van der Waals surface area contributed by atoms with Crippen LogP contribution in [0.4, 0.5) is 5.69 Å². The molecule has 1 N–H and O–H groups in total. The van der Waals surface area contributed by atoms with E-state index in [1.165, 1.54) is 10.4 Å². The van der Waals surface area contributed by atoms with Gasteiger partial charge < -0.3 is 10.1 Å². The summed E-state index contributed by atoms with van der Waals surface area (Å²) in [7, 11) is 1.60. The van der Waals surface area contributed by atoms with Gasteiger partial charge in [0.15, 0.2) is 0 Å². The Morgan fingerprint density at radius 2 is 1.89 bits per heavy atom. The van der Waals surface area contributed by atoms with E-state index < -0.39 is 0 Å². The van der Waals surface area contributed by atoms with Crippen molar-refractivity contribution < 1.29 is 9.53 Å². The quantitative estimate of drug-likeness (QED) is 0.750. The summed E-state index contributed by atoms with van der Waals surface area (Å²) in [5.74, 6) is 0.935. The number of anilines is 1. The van der Waals surface area contributed by atoms with Crippen molar-refractivity contribution in [2.45, 2.75) is 32.7 Å². The number of nitrogens with zero attached hydrogens (tertiary/aromatic N) is 4. The standard InChI is InChI=1S/C20H23N5O2/c1-20(2,3)15-8-10-16(11-9-15)21-18(26)13-25-23-19(22-24-25)14-6-5-7-17(12-14)27-4/h5-12H,13H2,1-4H3,(H,21,26). The Hall–Kier alpha value is -3.22. The lowest BCUT2D eigenvalue weighted by Gasteiger charge is -2.19. The van der Waals surface area contributed by atoms with E-state index in [0.717, 1.165) is 11.3 Å². The molecule has 0 aliphatic carbocycles. The van der Waals surface area contributed by atoms with Gasteiger partial charge in [-0.05, 0) is 40.5 Å². The molecular weight excluding hydrogens is 342 g/mol. The lowest BCUT2D eigenvalue weighted by Crippen LogP contribution is -2.20. The van der Waals surface area contributed by atoms with E-state index in [4.69, 9.17) is 4.74 Å². The summed E-state index contributed by atoms with van der Waals surface area (Å²) in [6, 6.07) is 15.2. The average molecular weight is 365 g/mol. The third kappa shape index (κ3) is 4.69. The minimum atomic E-state index is -0.215. The molecule has 140 valence electrons. The molecule has 2 aromatic carbocycles. The van der Waals surface area contributed by atoms with Crippen molar-refractivity contribution in [3.8, 4) is 17.1 Å². The summed E-state index contributed by atoms with van der Waals surface area (Å²) in [4.78, 5) is 13.5. The predicted octanol–water partition coefficient (Wildman–Crippen LogP) is 3.28. The van der Waals surface area contributed by atoms with Gasteiger partial charge in [0.05, 0.1) is 7.11 Å². The second kappa shape index (κ2) is 7.57. The van der Waals surface area contributed by atoms with Crippen LogP contribution in [0.3, 0.4) is 0 Å². The second-order valence-corrected chi connectivity index (χ2v) is 7.25. The van der Waals surface area contributed by atoms with E-state index in [1.54, 1.807) is 7.11 Å². The molecule has 1 amide bonds. The molecule has 0 unspecified atom stereocenters. The van der Waals surface area contributed by atoms with Crippen molar-refractivity contribution >= 4 is 11.6 Å². The van der Waals surface area contributed by atoms with E-state index in [1.807, 2.05) is 48.5 Å². The maximum atomic E-state index is 12.3. The number of amides is 1. The monoisotopic (exact) mass is 365 g/mol. The zero-order chi connectivity index (χ0) is 19.4. The van der Waals surface area contributed by atoms with E-state index in [-0.39, 0.29) is 17.9 Å². The maximum absolute atomic E-state index is 12.3. The smallest absolute Gasteiger partial charge is 0.248 e. The summed E-state index contributed by atoms with van der Waals surface area (Å²) >= 11 is 0. The van der Waals surface area contributed by atoms with E-state index >= 15 is 0 Å². The van der Waals surface area contributed by atoms with Gasteiger partial charge >= 0.3 is 0 Å². The third-order valence-electron chi connectivity index (χ3n) is 4.10. The number of methoxy groups -OCH3 is 1. The molecule has 0 radical (unpaired) electrons. The van der Waals surface area contributed by atoms with E-state index in [9.17, 15) is 4.79 Å². The molecule has 0 spiro atoms. The number of rotatable bonds is 5. The summed E-state index contributed by atoms with van der Waals surface area (Å²) in [6.45, 7) is 6.43. The molecule has 0 saturated heterocycles. The number of hydrogen-bond donors (Lipinski definition) is 1. The minimum absolute atomic E-state index is 0.0159. The number of benzene rings is 2. The highest BCUT2D eigenvalue weighted by Crippen LogP contribution is 2.23. The lowest BCUT2D eigenvalue weighted by molar-refractivity contribution is -0.117. The molecule has 7 nitrogen and oxygen atoms in total. The maximum Gasteiger partial charge on any atom is 0.248 e. The van der Waals surface area contributed by atoms with E-state index in [0.29, 0.717) is 11.6 Å². The van der Waals surface area contributed by atoms with Crippen LogP contribution in [0.5, 0.6) is 5.75 Å². The first kappa shape index (κ1) is 18.6. The summed E-state index contributed by atoms with van der Waals surface area (Å²) in [5, 5.41) is 15.1. The summed E-state index contributed by atoms with van der Waals surface area (Å²) in [6.07, 6.45) is 0. The van der Waals surface area contributed by atoms with Gasteiger partial charge in [-0.25, -0.2) is 0 Å². The number of ether oxygens (including phenoxy) is 1. The topological polar surface area (TPSA) is 81.9 Å². The van der Waals surface area contributed by atoms with Crippen molar-refractivity contribution in [2.75, 3.05) is 12.4 Å². The van der Waals surface area contributed by atoms with Crippen LogP contribution in [0.1, 0.15) is 26.3 Å². The van der Waals surface area contributed by atoms with Crippen molar-refractivity contribution in [3.05, 3.63) is 54.1 Å². The number of aromatic nitrogens is 4. The van der Waals surface area contributed by atoms with Crippen LogP contribution < -0.4 is 10.1 Å². The normalized spacial score (nSPS) is 11.3. The third-order valence-corrected chi connectivity index (χ3v) is 4.10.